The zero-order valence-corrected chi connectivity index (χ0v) is 14.4. The van der Waals surface area contributed by atoms with Crippen LogP contribution < -0.4 is 20.3 Å². The molecule has 1 aliphatic heterocycles. The first-order valence-corrected chi connectivity index (χ1v) is 8.99. The molecule has 1 atom stereocenters. The minimum Gasteiger partial charge on any atom is -0.477 e. The van der Waals surface area contributed by atoms with E-state index in [0.29, 0.717) is 17.4 Å². The predicted molar refractivity (Wildman–Crippen MR) is 95.9 cm³/mol. The van der Waals surface area contributed by atoms with Gasteiger partial charge in [0.25, 0.3) is 5.91 Å². The third-order valence-corrected chi connectivity index (χ3v) is 4.42. The van der Waals surface area contributed by atoms with Crippen molar-refractivity contribution in [3.8, 4) is 5.75 Å². The highest BCUT2D eigenvalue weighted by Gasteiger charge is 2.31. The lowest BCUT2D eigenvalue weighted by Crippen LogP contribution is -2.52. The van der Waals surface area contributed by atoms with Gasteiger partial charge in [-0.15, -0.1) is 0 Å². The maximum atomic E-state index is 11.9. The van der Waals surface area contributed by atoms with E-state index in [9.17, 15) is 4.79 Å². The number of rotatable bonds is 5. The number of thioether (sulfide) groups is 1. The molecule has 0 saturated carbocycles. The van der Waals surface area contributed by atoms with Gasteiger partial charge in [0.05, 0.1) is 12.2 Å². The number of fused-ring (bicyclic) bond motifs is 1. The molecule has 1 aromatic carbocycles. The molecular weight excluding hydrogens is 318 g/mol. The third-order valence-electron chi connectivity index (χ3n) is 3.36. The normalized spacial score (nSPS) is 16.5. The first-order valence-electron chi connectivity index (χ1n) is 7.19. The number of carbonyl (C=O) groups excluding carboxylic acids is 1. The molecular formula is C15H21N3O2S2. The summed E-state index contributed by atoms with van der Waals surface area (Å²) in [6.45, 7) is 1.23. The number of benzene rings is 1. The summed E-state index contributed by atoms with van der Waals surface area (Å²) < 4.78 is 5.76. The highest BCUT2D eigenvalue weighted by molar-refractivity contribution is 7.98. The Balaban J connectivity index is 2.10. The Hall–Kier alpha value is -1.47. The molecule has 0 saturated heterocycles. The molecule has 2 rings (SSSR count). The topological polar surface area (TPSA) is 53.6 Å². The number of amides is 1. The fourth-order valence-corrected chi connectivity index (χ4v) is 2.94. The van der Waals surface area contributed by atoms with Crippen LogP contribution in [0.3, 0.4) is 0 Å². The zero-order chi connectivity index (χ0) is 15.9. The SMILES string of the molecule is CNC(=O)[C@H]1CN(C(=S)NCCCSC)c2ccccc2O1. The number of nitrogens with one attached hydrogen (secondary N) is 2. The van der Waals surface area contributed by atoms with Crippen molar-refractivity contribution in [1.82, 2.24) is 10.6 Å². The molecule has 1 aliphatic rings. The number of thiocarbonyl (C=S) groups is 1. The van der Waals surface area contributed by atoms with E-state index < -0.39 is 6.10 Å². The summed E-state index contributed by atoms with van der Waals surface area (Å²) in [6, 6.07) is 7.63. The second kappa shape index (κ2) is 8.24. The first kappa shape index (κ1) is 16.9. The van der Waals surface area contributed by atoms with Gasteiger partial charge in [0.15, 0.2) is 11.2 Å². The number of hydrogen-bond donors (Lipinski definition) is 2. The quantitative estimate of drug-likeness (QED) is 0.628. The molecule has 2 N–H and O–H groups in total. The number of nitrogens with zero attached hydrogens (tertiary/aromatic N) is 1. The number of para-hydroxylation sites is 2. The molecule has 22 heavy (non-hydrogen) atoms. The maximum absolute atomic E-state index is 11.9. The number of likely N-dealkylation sites (N-methyl/N-ethyl adjacent to an activating group) is 1. The van der Waals surface area contributed by atoms with Crippen molar-refractivity contribution in [3.63, 3.8) is 0 Å². The van der Waals surface area contributed by atoms with E-state index in [1.165, 1.54) is 0 Å². The van der Waals surface area contributed by atoms with Crippen LogP contribution in [0.2, 0.25) is 0 Å². The van der Waals surface area contributed by atoms with Crippen LogP contribution in [-0.2, 0) is 4.79 Å². The molecule has 7 heteroatoms. The third kappa shape index (κ3) is 4.04. The Morgan fingerprint density at radius 1 is 1.50 bits per heavy atom. The molecule has 120 valence electrons. The van der Waals surface area contributed by atoms with Crippen LogP contribution in [0.4, 0.5) is 5.69 Å². The van der Waals surface area contributed by atoms with E-state index in [-0.39, 0.29) is 5.91 Å². The summed E-state index contributed by atoms with van der Waals surface area (Å²) in [5.74, 6) is 1.62. The fourth-order valence-electron chi connectivity index (χ4n) is 2.23. The second-order valence-corrected chi connectivity index (χ2v) is 6.25. The standard InChI is InChI=1S/C15H21N3O2S2/c1-16-14(19)13-10-18(15(21)17-8-5-9-22-2)11-6-3-4-7-12(11)20-13/h3-4,6-7,13H,5,8-10H2,1-2H3,(H,16,19)(H,17,21)/t13-/m1/s1. The highest BCUT2D eigenvalue weighted by atomic mass is 32.2. The number of anilines is 1. The molecule has 0 spiro atoms. The van der Waals surface area contributed by atoms with Crippen LogP contribution >= 0.6 is 24.0 Å². The number of ether oxygens (including phenoxy) is 1. The zero-order valence-electron chi connectivity index (χ0n) is 12.8. The molecule has 5 nitrogen and oxygen atoms in total. The van der Waals surface area contributed by atoms with Gasteiger partial charge in [0.1, 0.15) is 5.75 Å². The minimum absolute atomic E-state index is 0.148. The lowest BCUT2D eigenvalue weighted by Gasteiger charge is -2.35. The summed E-state index contributed by atoms with van der Waals surface area (Å²) in [5.41, 5.74) is 0.894. The summed E-state index contributed by atoms with van der Waals surface area (Å²) in [4.78, 5) is 13.9. The highest BCUT2D eigenvalue weighted by Crippen LogP contribution is 2.33. The molecule has 1 heterocycles. The van der Waals surface area contributed by atoms with Crippen molar-refractivity contribution >= 4 is 40.7 Å². The van der Waals surface area contributed by atoms with Crippen molar-refractivity contribution in [2.24, 2.45) is 0 Å². The minimum atomic E-state index is -0.564. The molecule has 0 bridgehead atoms. The second-order valence-electron chi connectivity index (χ2n) is 4.88. The smallest absolute Gasteiger partial charge is 0.262 e. The van der Waals surface area contributed by atoms with Gasteiger partial charge in [-0.25, -0.2) is 0 Å². The Bertz CT molecular complexity index is 539. The van der Waals surface area contributed by atoms with Gasteiger partial charge in [0.2, 0.25) is 0 Å². The Kier molecular flexibility index (Phi) is 6.33. The summed E-state index contributed by atoms with van der Waals surface area (Å²) in [5, 5.41) is 6.52. The molecule has 0 unspecified atom stereocenters. The Morgan fingerprint density at radius 2 is 2.27 bits per heavy atom. The predicted octanol–water partition coefficient (Wildman–Crippen LogP) is 1.63. The fraction of sp³-hybridized carbons (Fsp3) is 0.467. The monoisotopic (exact) mass is 339 g/mol. The van der Waals surface area contributed by atoms with Crippen molar-refractivity contribution in [2.75, 3.05) is 37.0 Å². The van der Waals surface area contributed by atoms with E-state index in [2.05, 4.69) is 16.9 Å². The van der Waals surface area contributed by atoms with Gasteiger partial charge in [-0.05, 0) is 42.8 Å². The lowest BCUT2D eigenvalue weighted by molar-refractivity contribution is -0.127. The van der Waals surface area contributed by atoms with Crippen LogP contribution in [0.15, 0.2) is 24.3 Å². The average Bonchev–Trinajstić information content (AvgIpc) is 2.56. The van der Waals surface area contributed by atoms with Gasteiger partial charge < -0.3 is 20.3 Å². The largest absolute Gasteiger partial charge is 0.477 e. The van der Waals surface area contributed by atoms with Crippen molar-refractivity contribution in [1.29, 1.82) is 0 Å². The molecule has 1 amide bonds. The van der Waals surface area contributed by atoms with Gasteiger partial charge in [-0.3, -0.25) is 4.79 Å². The van der Waals surface area contributed by atoms with E-state index in [1.54, 1.807) is 7.05 Å². The maximum Gasteiger partial charge on any atom is 0.262 e. The Morgan fingerprint density at radius 3 is 3.00 bits per heavy atom. The molecule has 0 aliphatic carbocycles. The van der Waals surface area contributed by atoms with Crippen LogP contribution in [0.5, 0.6) is 5.75 Å². The van der Waals surface area contributed by atoms with Crippen LogP contribution in [0, 0.1) is 0 Å². The molecule has 0 fully saturated rings. The number of carbonyl (C=O) groups is 1. The Labute approximate surface area is 140 Å². The number of hydrogen-bond acceptors (Lipinski definition) is 4. The molecule has 0 aromatic heterocycles. The van der Waals surface area contributed by atoms with Crippen molar-refractivity contribution in [2.45, 2.75) is 12.5 Å². The van der Waals surface area contributed by atoms with Gasteiger partial charge in [0, 0.05) is 13.6 Å². The average molecular weight is 339 g/mol. The molecule has 1 aromatic rings. The van der Waals surface area contributed by atoms with Gasteiger partial charge >= 0.3 is 0 Å². The van der Waals surface area contributed by atoms with E-state index >= 15 is 0 Å². The van der Waals surface area contributed by atoms with E-state index in [0.717, 1.165) is 24.4 Å². The van der Waals surface area contributed by atoms with Crippen molar-refractivity contribution in [3.05, 3.63) is 24.3 Å². The summed E-state index contributed by atoms with van der Waals surface area (Å²) in [7, 11) is 1.61. The van der Waals surface area contributed by atoms with Crippen LogP contribution in [0.1, 0.15) is 6.42 Å². The van der Waals surface area contributed by atoms with Gasteiger partial charge in [-0.2, -0.15) is 11.8 Å². The van der Waals surface area contributed by atoms with Crippen molar-refractivity contribution < 1.29 is 9.53 Å². The van der Waals surface area contributed by atoms with Crippen LogP contribution in [-0.4, -0.2) is 49.3 Å². The molecule has 0 radical (unpaired) electrons. The summed E-state index contributed by atoms with van der Waals surface area (Å²) >= 11 is 7.31. The van der Waals surface area contributed by atoms with E-state index in [1.807, 2.05) is 40.9 Å². The summed E-state index contributed by atoms with van der Waals surface area (Å²) in [6.07, 6.45) is 2.57. The first-order chi connectivity index (χ1) is 10.7. The lowest BCUT2D eigenvalue weighted by atomic mass is 10.2. The van der Waals surface area contributed by atoms with E-state index in [4.69, 9.17) is 17.0 Å². The van der Waals surface area contributed by atoms with Crippen LogP contribution in [0.25, 0.3) is 0 Å². The van der Waals surface area contributed by atoms with Gasteiger partial charge in [-0.1, -0.05) is 12.1 Å².